The van der Waals surface area contributed by atoms with Crippen LogP contribution in [0.4, 0.5) is 0 Å². The number of aliphatic carboxylic acids is 2. The van der Waals surface area contributed by atoms with Crippen molar-refractivity contribution >= 4 is 35.5 Å². The molecule has 0 saturated carbocycles. The van der Waals surface area contributed by atoms with E-state index in [4.69, 9.17) is 75.8 Å². The van der Waals surface area contributed by atoms with Gasteiger partial charge in [0.25, 0.3) is 0 Å². The number of aliphatic hydroxyl groups is 9. The molecular weight excluding hydrogens is 1120 g/mol. The van der Waals surface area contributed by atoms with Crippen LogP contribution in [0.5, 0.6) is 0 Å². The summed E-state index contributed by atoms with van der Waals surface area (Å²) in [5.41, 5.74) is 0. The van der Waals surface area contributed by atoms with Gasteiger partial charge in [-0.25, -0.2) is 0 Å². The Bertz CT molecular complexity index is 1920. The van der Waals surface area contributed by atoms with Crippen LogP contribution in [0.15, 0.2) is 0 Å². The Balaban J connectivity index is 0.864. The second-order valence-electron chi connectivity index (χ2n) is 21.6. The van der Waals surface area contributed by atoms with E-state index in [1.165, 1.54) is 23.5 Å². The molecule has 0 amide bonds. The van der Waals surface area contributed by atoms with Crippen LogP contribution in [-0.2, 0) is 85.4 Å². The van der Waals surface area contributed by atoms with E-state index in [9.17, 15) is 65.8 Å². The van der Waals surface area contributed by atoms with E-state index < -0.39 is 184 Å². The molecule has 29 nitrogen and oxygen atoms in total. The van der Waals surface area contributed by atoms with Crippen molar-refractivity contribution in [3.8, 4) is 0 Å². The lowest BCUT2D eigenvalue weighted by atomic mass is 10.0. The molecule has 0 unspecified atom stereocenters. The summed E-state index contributed by atoms with van der Waals surface area (Å²) in [4.78, 5) is 22.6. The number of aliphatic hydroxyl groups excluding tert-OH is 9. The fourth-order valence-electron chi connectivity index (χ4n) is 10.9. The molecule has 30 aliphatic heterocycles. The van der Waals surface area contributed by atoms with Gasteiger partial charge >= 0.3 is 11.9 Å². The highest BCUT2D eigenvalue weighted by Gasteiger charge is 2.50. The van der Waals surface area contributed by atoms with Crippen LogP contribution in [0, 0.1) is 0 Å². The highest BCUT2D eigenvalue weighted by atomic mass is 32.2. The molecule has 28 atom stereocenters. The van der Waals surface area contributed by atoms with Gasteiger partial charge in [-0.1, -0.05) is 0 Å². The molecular formula is C49H78O29S2. The van der Waals surface area contributed by atoms with Gasteiger partial charge in [0.2, 0.25) is 0 Å². The molecule has 0 radical (unpaired) electrons. The Morgan fingerprint density at radius 3 is 1.12 bits per heavy atom. The van der Waals surface area contributed by atoms with Crippen molar-refractivity contribution in [1.29, 1.82) is 0 Å². The monoisotopic (exact) mass is 1190 g/mol. The number of hydrogen-bond donors (Lipinski definition) is 11. The third kappa shape index (κ3) is 16.8. The second-order valence-corrected chi connectivity index (χ2v) is 23.9. The Morgan fingerprint density at radius 1 is 0.362 bits per heavy atom. The van der Waals surface area contributed by atoms with Gasteiger partial charge in [-0.3, -0.25) is 9.59 Å². The number of rotatable bonds is 10. The number of carbonyl (C=O) groups is 2. The largest absolute Gasteiger partial charge is 0.481 e. The minimum absolute atomic E-state index is 0.00250. The van der Waals surface area contributed by atoms with Crippen LogP contribution in [0.3, 0.4) is 0 Å². The molecule has 30 aliphatic rings. The van der Waals surface area contributed by atoms with Gasteiger partial charge in [0.15, 0.2) is 50.3 Å². The van der Waals surface area contributed by atoms with Crippen LogP contribution < -0.4 is 0 Å². The first kappa shape index (κ1) is 63.2. The molecule has 460 valence electrons. The Hall–Kier alpha value is -1.36. The second kappa shape index (κ2) is 29.4. The summed E-state index contributed by atoms with van der Waals surface area (Å²) < 4.78 is 96.7. The van der Waals surface area contributed by atoms with Crippen molar-refractivity contribution in [2.75, 3.05) is 56.0 Å². The van der Waals surface area contributed by atoms with Gasteiger partial charge in [0, 0.05) is 68.0 Å². The first-order valence-corrected chi connectivity index (χ1v) is 29.6. The van der Waals surface area contributed by atoms with Crippen LogP contribution in [0.2, 0.25) is 0 Å². The minimum Gasteiger partial charge on any atom is -0.481 e. The molecule has 0 aromatic carbocycles. The smallest absolute Gasteiger partial charge is 0.304 e. The first-order chi connectivity index (χ1) is 38.3. The molecule has 16 bridgehead atoms. The third-order valence-electron chi connectivity index (χ3n) is 15.2. The number of carboxylic acids is 2. The molecule has 0 spiro atoms. The number of ether oxygens (including phenoxy) is 16. The van der Waals surface area contributed by atoms with Crippen molar-refractivity contribution in [1.82, 2.24) is 0 Å². The van der Waals surface area contributed by atoms with E-state index in [0.29, 0.717) is 0 Å². The van der Waals surface area contributed by atoms with E-state index in [1.807, 2.05) is 0 Å². The predicted octanol–water partition coefficient (Wildman–Crippen LogP) is -3.55. The summed E-state index contributed by atoms with van der Waals surface area (Å²) >= 11 is 2.52. The molecule has 11 N–H and O–H groups in total. The summed E-state index contributed by atoms with van der Waals surface area (Å²) in [6.07, 6.45) is -31.9. The fraction of sp³-hybridized carbons (Fsp3) is 0.959. The Morgan fingerprint density at radius 2 is 0.688 bits per heavy atom. The topological polar surface area (TPSA) is 404 Å². The maximum atomic E-state index is 11.4. The average Bonchev–Trinajstić information content (AvgIpc) is 3.43. The van der Waals surface area contributed by atoms with E-state index in [2.05, 4.69) is 0 Å². The molecule has 30 saturated heterocycles. The predicted molar refractivity (Wildman–Crippen MR) is 265 cm³/mol. The van der Waals surface area contributed by atoms with Gasteiger partial charge in [-0.2, -0.15) is 23.5 Å². The molecule has 30 fully saturated rings. The van der Waals surface area contributed by atoms with Crippen molar-refractivity contribution in [3.05, 3.63) is 0 Å². The number of hydrogen-bond acceptors (Lipinski definition) is 29. The van der Waals surface area contributed by atoms with Gasteiger partial charge in [-0.05, 0) is 6.92 Å². The highest BCUT2D eigenvalue weighted by Crippen LogP contribution is 2.37. The Labute approximate surface area is 468 Å². The molecule has 31 heteroatoms. The number of carboxylic acid groups (broad SMARTS) is 2. The molecule has 30 rings (SSSR count). The molecule has 0 aromatic heterocycles. The summed E-state index contributed by atoms with van der Waals surface area (Å²) in [7, 11) is 0. The van der Waals surface area contributed by atoms with E-state index in [-0.39, 0.29) is 114 Å². The molecule has 80 heavy (non-hydrogen) atoms. The SMILES string of the molecule is C[C@H]1O[C@@H]2O[C@H]3C[C@@H](O)[C@@H](O[C@@H]4CO[C@H](O[C@@H]5CO[C@H](O[C@H]6C[C@@H](O)[C@@H](O[C@@H]7CO[C@H](O[C@@H]8CO[C@H](O[C@@H]9CO[C@H](O[C@H]1C[C@H]2O)[C@H](O)C9)[C@H](O)C8)[C@H](O)[C@H]7O)O[C@@H]6CSCCC(=O)O)[C@H](O)C5)[C@H](O)C4)O[C@@H]3CSCCC(=O)O. The maximum absolute atomic E-state index is 11.4. The van der Waals surface area contributed by atoms with Crippen molar-refractivity contribution in [2.24, 2.45) is 0 Å². The summed E-state index contributed by atoms with van der Waals surface area (Å²) in [5, 5.41) is 120. The van der Waals surface area contributed by atoms with Gasteiger partial charge in [0.05, 0.1) is 107 Å². The average molecular weight is 1200 g/mol. The fourth-order valence-corrected chi connectivity index (χ4v) is 12.9. The normalized spacial score (nSPS) is 48.3. The lowest BCUT2D eigenvalue weighted by Gasteiger charge is -2.46. The standard InChI is InChI=1S/C49H78O29S2/c1-20-32-10-29(54)46(68-20)75-34-11-30(55)47(77-37(34)19-80-5-3-39(59)60)71-23-8-25(50)42(63-15-23)70-22-7-28(53)45(66-14-22)74-33-12-31(56)48(78-36(33)18-79-4-2-38(57)58)76-35-17-67-49(41(62)40(35)61)72-24-9-26(51)43(64-16-24)69-21-6-27(52)44(73-32)65-13-21/h20-37,40-56,61-62H,2-19H2,1H3,(H,57,58)(H,59,60)/t20-,21+,22+,23+,24+,25-,26-,27-,28-,29-,30-,31-,32+,33+,34+,35-,36-,37-,40+,41-,42-,43-,44-,45-,46-,47+,48+,49-/m1/s1. The maximum Gasteiger partial charge on any atom is 0.304 e. The molecule has 30 heterocycles. The van der Waals surface area contributed by atoms with Crippen LogP contribution in [0.1, 0.15) is 64.7 Å². The zero-order valence-corrected chi connectivity index (χ0v) is 45.6. The lowest BCUT2D eigenvalue weighted by molar-refractivity contribution is -0.355. The van der Waals surface area contributed by atoms with Gasteiger partial charge in [0.1, 0.15) is 61.0 Å². The van der Waals surface area contributed by atoms with Crippen LogP contribution >= 0.6 is 23.5 Å². The van der Waals surface area contributed by atoms with E-state index in [1.54, 1.807) is 6.92 Å². The van der Waals surface area contributed by atoms with E-state index in [0.717, 1.165) is 0 Å². The highest BCUT2D eigenvalue weighted by molar-refractivity contribution is 7.99. The van der Waals surface area contributed by atoms with Gasteiger partial charge in [-0.15, -0.1) is 0 Å². The van der Waals surface area contributed by atoms with Crippen LogP contribution in [-0.4, -0.2) is 297 Å². The zero-order chi connectivity index (χ0) is 56.8. The summed E-state index contributed by atoms with van der Waals surface area (Å²) in [6.45, 7) is 0.968. The minimum atomic E-state index is -1.67. The quantitative estimate of drug-likeness (QED) is 0.0944. The third-order valence-corrected chi connectivity index (χ3v) is 17.3. The summed E-state index contributed by atoms with van der Waals surface area (Å²) in [6, 6.07) is 0. The Kier molecular flexibility index (Phi) is 23.2. The summed E-state index contributed by atoms with van der Waals surface area (Å²) in [5.74, 6) is -1.17. The number of thioether (sulfide) groups is 2. The molecule has 0 aliphatic carbocycles. The van der Waals surface area contributed by atoms with Crippen LogP contribution in [0.25, 0.3) is 0 Å². The van der Waals surface area contributed by atoms with E-state index >= 15 is 0 Å². The molecule has 0 aromatic rings. The van der Waals surface area contributed by atoms with Crippen molar-refractivity contribution in [2.45, 2.75) is 237 Å². The zero-order valence-electron chi connectivity index (χ0n) is 44.0. The first-order valence-electron chi connectivity index (χ1n) is 27.3. The van der Waals surface area contributed by atoms with Crippen molar-refractivity contribution < 1.29 is 142 Å². The lowest BCUT2D eigenvalue weighted by Crippen LogP contribution is -2.59. The van der Waals surface area contributed by atoms with Gasteiger partial charge < -0.3 is 132 Å². The van der Waals surface area contributed by atoms with Crippen molar-refractivity contribution in [3.63, 3.8) is 0 Å².